The molecule has 3 rings (SSSR count). The van der Waals surface area contributed by atoms with Crippen molar-refractivity contribution in [3.63, 3.8) is 0 Å². The zero-order valence-electron chi connectivity index (χ0n) is 13.7. The molecule has 2 heterocycles. The summed E-state index contributed by atoms with van der Waals surface area (Å²) in [6.07, 6.45) is 3.22. The molecule has 0 aliphatic carbocycles. The monoisotopic (exact) mass is 347 g/mol. The molecular weight excluding hydrogens is 326 g/mol. The molecule has 1 aliphatic heterocycles. The third-order valence-corrected chi connectivity index (χ3v) is 5.22. The van der Waals surface area contributed by atoms with Crippen molar-refractivity contribution < 1.29 is 13.2 Å². The highest BCUT2D eigenvalue weighted by atomic mass is 32.2. The highest BCUT2D eigenvalue weighted by Crippen LogP contribution is 2.23. The Morgan fingerprint density at radius 2 is 1.79 bits per heavy atom. The summed E-state index contributed by atoms with van der Waals surface area (Å²) >= 11 is 0. The van der Waals surface area contributed by atoms with Crippen molar-refractivity contribution in [2.45, 2.75) is 31.0 Å². The van der Waals surface area contributed by atoms with Gasteiger partial charge in [-0.25, -0.2) is 8.42 Å². The van der Waals surface area contributed by atoms with E-state index in [9.17, 15) is 8.42 Å². The van der Waals surface area contributed by atoms with Crippen LogP contribution >= 0.6 is 0 Å². The van der Waals surface area contributed by atoms with Crippen LogP contribution in [-0.4, -0.2) is 38.7 Å². The van der Waals surface area contributed by atoms with Gasteiger partial charge in [-0.15, -0.1) is 0 Å². The Labute approximate surface area is 142 Å². The number of nitrogens with zero attached hydrogens (tertiary/aromatic N) is 2. The maximum atomic E-state index is 12.3. The number of morpholine rings is 1. The summed E-state index contributed by atoms with van der Waals surface area (Å²) in [6.45, 7) is 5.76. The van der Waals surface area contributed by atoms with E-state index in [1.54, 1.807) is 18.2 Å². The van der Waals surface area contributed by atoms with Crippen LogP contribution in [0.25, 0.3) is 0 Å². The summed E-state index contributed by atoms with van der Waals surface area (Å²) in [5.41, 5.74) is 1.58. The van der Waals surface area contributed by atoms with Crippen LogP contribution in [0.3, 0.4) is 0 Å². The van der Waals surface area contributed by atoms with Gasteiger partial charge in [0.05, 0.1) is 12.2 Å². The predicted octanol–water partition coefficient (Wildman–Crippen LogP) is 2.50. The van der Waals surface area contributed by atoms with E-state index in [4.69, 9.17) is 4.74 Å². The van der Waals surface area contributed by atoms with Crippen LogP contribution in [0.2, 0.25) is 0 Å². The minimum Gasteiger partial charge on any atom is -0.372 e. The lowest BCUT2D eigenvalue weighted by molar-refractivity contribution is -0.00521. The molecule has 2 aromatic rings. The van der Waals surface area contributed by atoms with Crippen LogP contribution in [0.15, 0.2) is 53.7 Å². The second-order valence-electron chi connectivity index (χ2n) is 6.00. The van der Waals surface area contributed by atoms with E-state index in [-0.39, 0.29) is 17.1 Å². The van der Waals surface area contributed by atoms with Crippen molar-refractivity contribution in [1.29, 1.82) is 0 Å². The van der Waals surface area contributed by atoms with Gasteiger partial charge in [-0.2, -0.15) is 0 Å². The Morgan fingerprint density at radius 1 is 1.12 bits per heavy atom. The molecular formula is C17H21N3O3S. The summed E-state index contributed by atoms with van der Waals surface area (Å²) in [5.74, 6) is 0. The van der Waals surface area contributed by atoms with Crippen LogP contribution < -0.4 is 9.62 Å². The van der Waals surface area contributed by atoms with Crippen molar-refractivity contribution in [1.82, 2.24) is 4.98 Å². The van der Waals surface area contributed by atoms with Crippen LogP contribution in [0.4, 0.5) is 11.4 Å². The fourth-order valence-corrected chi connectivity index (χ4v) is 3.87. The van der Waals surface area contributed by atoms with E-state index in [1.165, 1.54) is 18.5 Å². The average molecular weight is 347 g/mol. The summed E-state index contributed by atoms with van der Waals surface area (Å²) < 4.78 is 32.9. The quantitative estimate of drug-likeness (QED) is 0.920. The Bertz CT molecular complexity index is 768. The van der Waals surface area contributed by atoms with Crippen LogP contribution in [-0.2, 0) is 14.8 Å². The second-order valence-corrected chi connectivity index (χ2v) is 7.69. The number of hydrogen-bond donors (Lipinski definition) is 1. The van der Waals surface area contributed by atoms with Crippen molar-refractivity contribution in [3.05, 3.63) is 48.8 Å². The predicted molar refractivity (Wildman–Crippen MR) is 93.7 cm³/mol. The molecule has 2 atom stereocenters. The van der Waals surface area contributed by atoms with E-state index in [2.05, 4.69) is 28.5 Å². The summed E-state index contributed by atoms with van der Waals surface area (Å²) in [7, 11) is -3.61. The van der Waals surface area contributed by atoms with E-state index in [0.717, 1.165) is 18.8 Å². The molecule has 6 nitrogen and oxygen atoms in total. The lowest BCUT2D eigenvalue weighted by Gasteiger charge is -2.36. The fourth-order valence-electron chi connectivity index (χ4n) is 2.85. The molecule has 1 aliphatic rings. The minimum absolute atomic E-state index is 0.143. The Kier molecular flexibility index (Phi) is 4.73. The maximum absolute atomic E-state index is 12.3. The standard InChI is InChI=1S/C17H21N3O3S/c1-13-11-20(12-14(2)23-13)16-7-5-15(6-8-16)19-24(21,22)17-4-3-9-18-10-17/h3-10,13-14,19H,11-12H2,1-2H3/t13-,14+. The van der Waals surface area contributed by atoms with Gasteiger partial charge in [-0.3, -0.25) is 9.71 Å². The first kappa shape index (κ1) is 16.7. The molecule has 0 amide bonds. The van der Waals surface area contributed by atoms with Crippen LogP contribution in [0.1, 0.15) is 13.8 Å². The molecule has 0 spiro atoms. The number of hydrogen-bond acceptors (Lipinski definition) is 5. The molecule has 128 valence electrons. The molecule has 1 aromatic carbocycles. The molecule has 0 saturated carbocycles. The van der Waals surface area contributed by atoms with Gasteiger partial charge in [-0.1, -0.05) is 0 Å². The molecule has 7 heteroatoms. The van der Waals surface area contributed by atoms with Gasteiger partial charge in [0.15, 0.2) is 0 Å². The molecule has 0 bridgehead atoms. The topological polar surface area (TPSA) is 71.5 Å². The smallest absolute Gasteiger partial charge is 0.263 e. The minimum atomic E-state index is -3.61. The average Bonchev–Trinajstić information content (AvgIpc) is 2.55. The first-order chi connectivity index (χ1) is 11.4. The number of sulfonamides is 1. The van der Waals surface area contributed by atoms with Gasteiger partial charge < -0.3 is 9.64 Å². The van der Waals surface area contributed by atoms with Gasteiger partial charge in [0.1, 0.15) is 4.90 Å². The number of nitrogens with one attached hydrogen (secondary N) is 1. The van der Waals surface area contributed by atoms with Crippen LogP contribution in [0.5, 0.6) is 0 Å². The number of benzene rings is 1. The van der Waals surface area contributed by atoms with Crippen molar-refractivity contribution in [2.24, 2.45) is 0 Å². The normalized spacial score (nSPS) is 21.5. The largest absolute Gasteiger partial charge is 0.372 e. The summed E-state index contributed by atoms with van der Waals surface area (Å²) in [6, 6.07) is 10.5. The highest BCUT2D eigenvalue weighted by Gasteiger charge is 2.22. The van der Waals surface area contributed by atoms with Crippen molar-refractivity contribution >= 4 is 21.4 Å². The zero-order chi connectivity index (χ0) is 17.2. The molecule has 0 unspecified atom stereocenters. The fraction of sp³-hybridized carbons (Fsp3) is 0.353. The number of pyridine rings is 1. The molecule has 0 radical (unpaired) electrons. The van der Waals surface area contributed by atoms with Gasteiger partial charge in [0, 0.05) is 36.9 Å². The molecule has 1 saturated heterocycles. The second kappa shape index (κ2) is 6.78. The van der Waals surface area contributed by atoms with Crippen LogP contribution in [0, 0.1) is 0 Å². The molecule has 1 fully saturated rings. The Hall–Kier alpha value is -2.12. The van der Waals surface area contributed by atoms with Crippen molar-refractivity contribution in [3.8, 4) is 0 Å². The number of anilines is 2. The SMILES string of the molecule is C[C@@H]1CN(c2ccc(NS(=O)(=O)c3cccnc3)cc2)C[C@H](C)O1. The number of aromatic nitrogens is 1. The first-order valence-corrected chi connectivity index (χ1v) is 9.36. The summed E-state index contributed by atoms with van der Waals surface area (Å²) in [5, 5.41) is 0. The summed E-state index contributed by atoms with van der Waals surface area (Å²) in [4.78, 5) is 6.24. The third kappa shape index (κ3) is 3.85. The van der Waals surface area contributed by atoms with E-state index in [1.807, 2.05) is 12.1 Å². The van der Waals surface area contributed by atoms with Gasteiger partial charge in [0.2, 0.25) is 0 Å². The Morgan fingerprint density at radius 3 is 2.38 bits per heavy atom. The van der Waals surface area contributed by atoms with Gasteiger partial charge in [-0.05, 0) is 50.2 Å². The highest BCUT2D eigenvalue weighted by molar-refractivity contribution is 7.92. The van der Waals surface area contributed by atoms with E-state index >= 15 is 0 Å². The number of ether oxygens (including phenoxy) is 1. The van der Waals surface area contributed by atoms with E-state index < -0.39 is 10.0 Å². The Balaban J connectivity index is 1.73. The lowest BCUT2D eigenvalue weighted by Crippen LogP contribution is -2.45. The number of rotatable bonds is 4. The maximum Gasteiger partial charge on any atom is 0.263 e. The van der Waals surface area contributed by atoms with Gasteiger partial charge in [0.25, 0.3) is 10.0 Å². The molecule has 1 N–H and O–H groups in total. The first-order valence-electron chi connectivity index (χ1n) is 7.87. The van der Waals surface area contributed by atoms with Crippen molar-refractivity contribution in [2.75, 3.05) is 22.7 Å². The van der Waals surface area contributed by atoms with E-state index in [0.29, 0.717) is 5.69 Å². The lowest BCUT2D eigenvalue weighted by atomic mass is 10.2. The molecule has 24 heavy (non-hydrogen) atoms. The zero-order valence-corrected chi connectivity index (χ0v) is 14.5. The van der Waals surface area contributed by atoms with Gasteiger partial charge >= 0.3 is 0 Å². The third-order valence-electron chi connectivity index (χ3n) is 3.85. The molecule has 1 aromatic heterocycles.